The molecule has 19 heavy (non-hydrogen) atoms. The summed E-state index contributed by atoms with van der Waals surface area (Å²) in [6.07, 6.45) is 2.86. The second-order valence-electron chi connectivity index (χ2n) is 4.88. The Morgan fingerprint density at radius 2 is 2.11 bits per heavy atom. The summed E-state index contributed by atoms with van der Waals surface area (Å²) in [5.41, 5.74) is 6.71. The maximum absolute atomic E-state index is 10.7. The number of nitrogens with zero attached hydrogens (tertiary/aromatic N) is 2. The summed E-state index contributed by atoms with van der Waals surface area (Å²) in [5.74, 6) is -1.24. The van der Waals surface area contributed by atoms with E-state index in [1.807, 2.05) is 6.07 Å². The van der Waals surface area contributed by atoms with Gasteiger partial charge in [-0.2, -0.15) is 0 Å². The number of rotatable bonds is 5. The molecule has 6 nitrogen and oxygen atoms in total. The number of nitrogens with two attached hydrogens (primary N) is 1. The molecule has 0 bridgehead atoms. The van der Waals surface area contributed by atoms with Crippen LogP contribution in [-0.2, 0) is 11.3 Å². The fourth-order valence-corrected chi connectivity index (χ4v) is 2.22. The van der Waals surface area contributed by atoms with Crippen LogP contribution < -0.4 is 5.73 Å². The molecule has 1 aliphatic rings. The molecule has 0 aliphatic carbocycles. The third kappa shape index (κ3) is 3.50. The van der Waals surface area contributed by atoms with Crippen LogP contribution in [0.2, 0.25) is 0 Å². The number of carboxylic acid groups (broad SMARTS) is 1. The molecule has 1 fully saturated rings. The summed E-state index contributed by atoms with van der Waals surface area (Å²) in [5, 5.41) is 18.5. The van der Waals surface area contributed by atoms with Gasteiger partial charge in [0, 0.05) is 12.7 Å². The molecule has 0 radical (unpaired) electrons. The maximum atomic E-state index is 10.7. The highest BCUT2D eigenvalue weighted by Crippen LogP contribution is 2.16. The van der Waals surface area contributed by atoms with E-state index in [2.05, 4.69) is 9.88 Å². The number of pyridine rings is 1. The first-order valence-corrected chi connectivity index (χ1v) is 6.41. The van der Waals surface area contributed by atoms with Crippen LogP contribution in [0.25, 0.3) is 0 Å². The standard InChI is InChI=1S/C13H19N3O3/c14-11(13(18)19)12(17)10-4-3-9(7-15-10)8-16-5-1-2-6-16/h3-4,7,11-12,17H,1-2,5-6,8,14H2,(H,18,19). The van der Waals surface area contributed by atoms with Crippen molar-refractivity contribution in [1.82, 2.24) is 9.88 Å². The van der Waals surface area contributed by atoms with E-state index in [1.54, 1.807) is 12.3 Å². The number of hydrogen-bond donors (Lipinski definition) is 3. The first-order chi connectivity index (χ1) is 9.08. The molecule has 0 saturated carbocycles. The smallest absolute Gasteiger partial charge is 0.323 e. The molecule has 2 rings (SSSR count). The van der Waals surface area contributed by atoms with Crippen molar-refractivity contribution >= 4 is 5.97 Å². The summed E-state index contributed by atoms with van der Waals surface area (Å²) >= 11 is 0. The normalized spacial score (nSPS) is 19.3. The van der Waals surface area contributed by atoms with E-state index in [-0.39, 0.29) is 0 Å². The Kier molecular flexibility index (Phi) is 4.47. The lowest BCUT2D eigenvalue weighted by atomic mass is 10.1. The average molecular weight is 265 g/mol. The molecule has 0 aromatic carbocycles. The van der Waals surface area contributed by atoms with Gasteiger partial charge in [-0.15, -0.1) is 0 Å². The second kappa shape index (κ2) is 6.10. The van der Waals surface area contributed by atoms with Gasteiger partial charge >= 0.3 is 5.97 Å². The van der Waals surface area contributed by atoms with Crippen molar-refractivity contribution in [2.75, 3.05) is 13.1 Å². The van der Waals surface area contributed by atoms with E-state index in [9.17, 15) is 9.90 Å². The molecule has 0 amide bonds. The van der Waals surface area contributed by atoms with E-state index in [1.165, 1.54) is 12.8 Å². The molecule has 1 saturated heterocycles. The Morgan fingerprint density at radius 1 is 1.42 bits per heavy atom. The molecule has 2 unspecified atom stereocenters. The van der Waals surface area contributed by atoms with E-state index < -0.39 is 18.1 Å². The lowest BCUT2D eigenvalue weighted by Crippen LogP contribution is -2.36. The van der Waals surface area contributed by atoms with E-state index in [0.29, 0.717) is 5.69 Å². The van der Waals surface area contributed by atoms with Gasteiger partial charge in [0.05, 0.1) is 5.69 Å². The quantitative estimate of drug-likeness (QED) is 0.699. The minimum atomic E-state index is -1.35. The topological polar surface area (TPSA) is 99.7 Å². The molecular formula is C13H19N3O3. The lowest BCUT2D eigenvalue weighted by molar-refractivity contribution is -0.141. The average Bonchev–Trinajstić information content (AvgIpc) is 2.90. The van der Waals surface area contributed by atoms with Gasteiger partial charge in [0.15, 0.2) is 0 Å². The first kappa shape index (κ1) is 13.9. The van der Waals surface area contributed by atoms with Gasteiger partial charge in [-0.1, -0.05) is 6.07 Å². The van der Waals surface area contributed by atoms with Crippen molar-refractivity contribution in [1.29, 1.82) is 0 Å². The molecule has 0 spiro atoms. The van der Waals surface area contributed by atoms with Crippen molar-refractivity contribution in [2.45, 2.75) is 31.5 Å². The van der Waals surface area contributed by atoms with Crippen LogP contribution >= 0.6 is 0 Å². The monoisotopic (exact) mass is 265 g/mol. The number of carbonyl (C=O) groups is 1. The SMILES string of the molecule is NC(C(=O)O)C(O)c1ccc(CN2CCCC2)cn1. The zero-order valence-electron chi connectivity index (χ0n) is 10.7. The zero-order valence-corrected chi connectivity index (χ0v) is 10.7. The number of aromatic nitrogens is 1. The van der Waals surface area contributed by atoms with Crippen LogP contribution in [0.15, 0.2) is 18.3 Å². The van der Waals surface area contributed by atoms with Crippen LogP contribution in [-0.4, -0.2) is 45.2 Å². The Bertz CT molecular complexity index is 429. The van der Waals surface area contributed by atoms with E-state index in [0.717, 1.165) is 25.2 Å². The van der Waals surface area contributed by atoms with Crippen molar-refractivity contribution in [3.63, 3.8) is 0 Å². The fourth-order valence-electron chi connectivity index (χ4n) is 2.22. The van der Waals surface area contributed by atoms with Gasteiger partial charge in [0.2, 0.25) is 0 Å². The molecule has 2 heterocycles. The molecule has 104 valence electrons. The summed E-state index contributed by atoms with van der Waals surface area (Å²) in [6, 6.07) is 2.15. The van der Waals surface area contributed by atoms with Crippen LogP contribution in [0.3, 0.4) is 0 Å². The van der Waals surface area contributed by atoms with Gasteiger partial charge in [0.25, 0.3) is 0 Å². The third-order valence-corrected chi connectivity index (χ3v) is 3.38. The molecule has 1 aliphatic heterocycles. The zero-order chi connectivity index (χ0) is 13.8. The van der Waals surface area contributed by atoms with Crippen molar-refractivity contribution < 1.29 is 15.0 Å². The molecule has 6 heteroatoms. The van der Waals surface area contributed by atoms with E-state index >= 15 is 0 Å². The molecule has 2 atom stereocenters. The van der Waals surface area contributed by atoms with Gasteiger partial charge in [-0.05, 0) is 37.6 Å². The number of aliphatic hydroxyl groups is 1. The summed E-state index contributed by atoms with van der Waals surface area (Å²) < 4.78 is 0. The minimum absolute atomic E-state index is 0.292. The summed E-state index contributed by atoms with van der Waals surface area (Å²) in [4.78, 5) is 17.1. The molecule has 1 aromatic heterocycles. The number of likely N-dealkylation sites (tertiary alicyclic amines) is 1. The minimum Gasteiger partial charge on any atom is -0.480 e. The Balaban J connectivity index is 1.99. The predicted molar refractivity (Wildman–Crippen MR) is 69.3 cm³/mol. The number of carboxylic acids is 1. The van der Waals surface area contributed by atoms with Crippen LogP contribution in [0.4, 0.5) is 0 Å². The highest BCUT2D eigenvalue weighted by atomic mass is 16.4. The highest BCUT2D eigenvalue weighted by molar-refractivity contribution is 5.74. The lowest BCUT2D eigenvalue weighted by Gasteiger charge is -2.16. The first-order valence-electron chi connectivity index (χ1n) is 6.41. The van der Waals surface area contributed by atoms with Crippen LogP contribution in [0.1, 0.15) is 30.2 Å². The fraction of sp³-hybridized carbons (Fsp3) is 0.538. The van der Waals surface area contributed by atoms with Gasteiger partial charge in [-0.3, -0.25) is 14.7 Å². The van der Waals surface area contributed by atoms with Crippen molar-refractivity contribution in [3.8, 4) is 0 Å². The molecule has 4 N–H and O–H groups in total. The van der Waals surface area contributed by atoms with Crippen LogP contribution in [0.5, 0.6) is 0 Å². The summed E-state index contributed by atoms with van der Waals surface area (Å²) in [6.45, 7) is 3.05. The largest absolute Gasteiger partial charge is 0.480 e. The third-order valence-electron chi connectivity index (χ3n) is 3.38. The van der Waals surface area contributed by atoms with Gasteiger partial charge in [-0.25, -0.2) is 0 Å². The van der Waals surface area contributed by atoms with Crippen LogP contribution in [0, 0.1) is 0 Å². The number of aliphatic carboxylic acids is 1. The Morgan fingerprint density at radius 3 is 2.63 bits per heavy atom. The van der Waals surface area contributed by atoms with Gasteiger partial charge in [0.1, 0.15) is 12.1 Å². The number of aliphatic hydroxyl groups excluding tert-OH is 1. The maximum Gasteiger partial charge on any atom is 0.323 e. The Labute approximate surface area is 111 Å². The number of hydrogen-bond acceptors (Lipinski definition) is 5. The van der Waals surface area contributed by atoms with Gasteiger partial charge < -0.3 is 15.9 Å². The summed E-state index contributed by atoms with van der Waals surface area (Å²) in [7, 11) is 0. The second-order valence-corrected chi connectivity index (χ2v) is 4.88. The van der Waals surface area contributed by atoms with E-state index in [4.69, 9.17) is 10.8 Å². The van der Waals surface area contributed by atoms with Crippen molar-refractivity contribution in [2.24, 2.45) is 5.73 Å². The van der Waals surface area contributed by atoms with Crippen molar-refractivity contribution in [3.05, 3.63) is 29.6 Å². The molecular weight excluding hydrogens is 246 g/mol. The Hall–Kier alpha value is -1.50. The highest BCUT2D eigenvalue weighted by Gasteiger charge is 2.24. The predicted octanol–water partition coefficient (Wildman–Crippen LogP) is 0.123. The molecule has 1 aromatic rings.